The number of aromatic nitrogens is 1. The molecule has 2 rings (SSSR count). The third kappa shape index (κ3) is 3.61. The maximum absolute atomic E-state index is 12.5. The number of nitrogens with one attached hydrogen (secondary N) is 1. The molecule has 1 aromatic heterocycles. The van der Waals surface area contributed by atoms with E-state index in [0.717, 1.165) is 22.0 Å². The van der Waals surface area contributed by atoms with Crippen LogP contribution in [0.15, 0.2) is 24.4 Å². The van der Waals surface area contributed by atoms with Gasteiger partial charge in [-0.3, -0.25) is 0 Å². The fraction of sp³-hybridized carbons (Fsp3) is 0.250. The van der Waals surface area contributed by atoms with Crippen LogP contribution in [-0.4, -0.2) is 4.98 Å². The lowest BCUT2D eigenvalue weighted by Crippen LogP contribution is -2.05. The van der Waals surface area contributed by atoms with E-state index in [2.05, 4.69) is 10.3 Å². The molecule has 7 heteroatoms. The van der Waals surface area contributed by atoms with Crippen LogP contribution in [-0.2, 0) is 12.7 Å². The lowest BCUT2D eigenvalue weighted by molar-refractivity contribution is -0.137. The zero-order valence-corrected chi connectivity index (χ0v) is 11.5. The van der Waals surface area contributed by atoms with Crippen molar-refractivity contribution >= 4 is 28.6 Å². The number of hydrogen-bond donors (Lipinski definition) is 1. The number of thiazole rings is 1. The van der Waals surface area contributed by atoms with Gasteiger partial charge in [-0.25, -0.2) is 4.98 Å². The first-order chi connectivity index (χ1) is 8.86. The maximum atomic E-state index is 12.5. The highest BCUT2D eigenvalue weighted by Gasteiger charge is 2.30. The molecule has 1 N–H and O–H groups in total. The Kier molecular flexibility index (Phi) is 4.01. The van der Waals surface area contributed by atoms with Gasteiger partial charge in [0.25, 0.3) is 0 Å². The number of halogens is 4. The minimum absolute atomic E-state index is 0.0519. The standard InChI is InChI=1S/C12H10ClF3N2S/c1-7-17-5-9(19-7)6-18-11-3-2-8(4-10(11)13)12(14,15)16/h2-5,18H,6H2,1H3. The first kappa shape index (κ1) is 14.1. The topological polar surface area (TPSA) is 24.9 Å². The smallest absolute Gasteiger partial charge is 0.379 e. The number of nitrogens with zero attached hydrogens (tertiary/aromatic N) is 1. The number of rotatable bonds is 3. The predicted molar refractivity (Wildman–Crippen MR) is 70.6 cm³/mol. The predicted octanol–water partition coefficient (Wildman–Crippen LogP) is 4.74. The van der Waals surface area contributed by atoms with Crippen molar-refractivity contribution in [3.8, 4) is 0 Å². The van der Waals surface area contributed by atoms with Crippen molar-refractivity contribution in [2.75, 3.05) is 5.32 Å². The lowest BCUT2D eigenvalue weighted by atomic mass is 10.2. The highest BCUT2D eigenvalue weighted by Crippen LogP contribution is 2.33. The summed E-state index contributed by atoms with van der Waals surface area (Å²) in [5.41, 5.74) is -0.280. The number of anilines is 1. The molecule has 0 fully saturated rings. The average Bonchev–Trinajstić information content (AvgIpc) is 2.72. The second-order valence-corrected chi connectivity index (χ2v) is 5.62. The molecule has 0 aliphatic heterocycles. The molecular formula is C12H10ClF3N2S. The molecule has 0 radical (unpaired) electrons. The van der Waals surface area contributed by atoms with E-state index in [1.165, 1.54) is 17.4 Å². The Morgan fingerprint density at radius 3 is 2.63 bits per heavy atom. The molecule has 0 aliphatic rings. The molecule has 0 aliphatic carbocycles. The van der Waals surface area contributed by atoms with Crippen molar-refractivity contribution in [3.63, 3.8) is 0 Å². The Hall–Kier alpha value is -1.27. The van der Waals surface area contributed by atoms with Crippen molar-refractivity contribution in [2.45, 2.75) is 19.6 Å². The molecule has 1 aromatic carbocycles. The van der Waals surface area contributed by atoms with E-state index < -0.39 is 11.7 Å². The summed E-state index contributed by atoms with van der Waals surface area (Å²) in [7, 11) is 0. The zero-order valence-electron chi connectivity index (χ0n) is 9.88. The molecule has 2 nitrogen and oxygen atoms in total. The molecular weight excluding hydrogens is 297 g/mol. The largest absolute Gasteiger partial charge is 0.416 e. The summed E-state index contributed by atoms with van der Waals surface area (Å²) in [5, 5.41) is 3.98. The maximum Gasteiger partial charge on any atom is 0.416 e. The lowest BCUT2D eigenvalue weighted by Gasteiger charge is -2.11. The highest BCUT2D eigenvalue weighted by molar-refractivity contribution is 7.11. The monoisotopic (exact) mass is 306 g/mol. The van der Waals surface area contributed by atoms with Gasteiger partial charge >= 0.3 is 6.18 Å². The molecule has 19 heavy (non-hydrogen) atoms. The number of alkyl halides is 3. The van der Waals surface area contributed by atoms with E-state index in [4.69, 9.17) is 11.6 Å². The summed E-state index contributed by atoms with van der Waals surface area (Å²) in [4.78, 5) is 5.09. The molecule has 0 saturated carbocycles. The molecule has 102 valence electrons. The van der Waals surface area contributed by atoms with E-state index in [1.807, 2.05) is 6.92 Å². The highest BCUT2D eigenvalue weighted by atomic mass is 35.5. The molecule has 1 heterocycles. The van der Waals surface area contributed by atoms with E-state index in [9.17, 15) is 13.2 Å². The Labute approximate surface area is 117 Å². The SMILES string of the molecule is Cc1ncc(CNc2ccc(C(F)(F)F)cc2Cl)s1. The summed E-state index contributed by atoms with van der Waals surface area (Å²) < 4.78 is 37.4. The molecule has 0 spiro atoms. The van der Waals surface area contributed by atoms with E-state index in [1.54, 1.807) is 6.20 Å². The summed E-state index contributed by atoms with van der Waals surface area (Å²) in [6, 6.07) is 3.26. The number of benzene rings is 1. The second-order valence-electron chi connectivity index (χ2n) is 3.89. The fourth-order valence-electron chi connectivity index (χ4n) is 1.50. The third-order valence-corrected chi connectivity index (χ3v) is 3.64. The van der Waals surface area contributed by atoms with Crippen LogP contribution in [0.3, 0.4) is 0 Å². The molecule has 0 bridgehead atoms. The van der Waals surface area contributed by atoms with E-state index >= 15 is 0 Å². The van der Waals surface area contributed by atoms with Crippen molar-refractivity contribution in [1.29, 1.82) is 0 Å². The normalized spacial score (nSPS) is 11.6. The van der Waals surface area contributed by atoms with Crippen LogP contribution in [0.5, 0.6) is 0 Å². The van der Waals surface area contributed by atoms with Crippen LogP contribution < -0.4 is 5.32 Å². The first-order valence-electron chi connectivity index (χ1n) is 5.38. The summed E-state index contributed by atoms with van der Waals surface area (Å²) in [6.45, 7) is 2.37. The Morgan fingerprint density at radius 1 is 1.37 bits per heavy atom. The van der Waals surface area contributed by atoms with Gasteiger partial charge < -0.3 is 5.32 Å². The molecule has 0 saturated heterocycles. The minimum atomic E-state index is -4.38. The van der Waals surface area contributed by atoms with Gasteiger partial charge in [0.05, 0.1) is 27.8 Å². The number of aryl methyl sites for hydroxylation is 1. The van der Waals surface area contributed by atoms with Crippen LogP contribution in [0.2, 0.25) is 5.02 Å². The van der Waals surface area contributed by atoms with Crippen LogP contribution in [0.4, 0.5) is 18.9 Å². The van der Waals surface area contributed by atoms with Crippen LogP contribution in [0.25, 0.3) is 0 Å². The van der Waals surface area contributed by atoms with Crippen LogP contribution in [0.1, 0.15) is 15.4 Å². The van der Waals surface area contributed by atoms with Gasteiger partial charge in [0.15, 0.2) is 0 Å². The number of hydrogen-bond acceptors (Lipinski definition) is 3. The summed E-state index contributed by atoms with van der Waals surface area (Å²) in [5.74, 6) is 0. The molecule has 0 amide bonds. The van der Waals surface area contributed by atoms with Crippen LogP contribution in [0, 0.1) is 6.92 Å². The van der Waals surface area contributed by atoms with Crippen molar-refractivity contribution < 1.29 is 13.2 Å². The fourth-order valence-corrected chi connectivity index (χ4v) is 2.49. The average molecular weight is 307 g/mol. The summed E-state index contributed by atoms with van der Waals surface area (Å²) in [6.07, 6.45) is -2.65. The van der Waals surface area contributed by atoms with Gasteiger partial charge in [-0.05, 0) is 25.1 Å². The Balaban J connectivity index is 2.09. The van der Waals surface area contributed by atoms with Crippen molar-refractivity contribution in [3.05, 3.63) is 44.9 Å². The van der Waals surface area contributed by atoms with Gasteiger partial charge in [0.2, 0.25) is 0 Å². The van der Waals surface area contributed by atoms with Crippen LogP contribution >= 0.6 is 22.9 Å². The Bertz CT molecular complexity index is 581. The van der Waals surface area contributed by atoms with Crippen molar-refractivity contribution in [1.82, 2.24) is 4.98 Å². The van der Waals surface area contributed by atoms with E-state index in [-0.39, 0.29) is 5.02 Å². The minimum Gasteiger partial charge on any atom is -0.379 e. The zero-order chi connectivity index (χ0) is 14.0. The third-order valence-electron chi connectivity index (χ3n) is 2.42. The van der Waals surface area contributed by atoms with Gasteiger partial charge in [-0.1, -0.05) is 11.6 Å². The van der Waals surface area contributed by atoms with Gasteiger partial charge in [0.1, 0.15) is 0 Å². The summed E-state index contributed by atoms with van der Waals surface area (Å²) >= 11 is 7.36. The van der Waals surface area contributed by atoms with E-state index in [0.29, 0.717) is 12.2 Å². The second kappa shape index (κ2) is 5.38. The van der Waals surface area contributed by atoms with Gasteiger partial charge in [0, 0.05) is 11.1 Å². The first-order valence-corrected chi connectivity index (χ1v) is 6.57. The molecule has 2 aromatic rings. The van der Waals surface area contributed by atoms with Crippen molar-refractivity contribution in [2.24, 2.45) is 0 Å². The molecule has 0 unspecified atom stereocenters. The molecule has 0 atom stereocenters. The Morgan fingerprint density at radius 2 is 2.11 bits per heavy atom. The quantitative estimate of drug-likeness (QED) is 0.886. The van der Waals surface area contributed by atoms with Gasteiger partial charge in [-0.15, -0.1) is 11.3 Å². The van der Waals surface area contributed by atoms with Gasteiger partial charge in [-0.2, -0.15) is 13.2 Å².